The van der Waals surface area contributed by atoms with Gasteiger partial charge in [0.15, 0.2) is 0 Å². The predicted molar refractivity (Wildman–Crippen MR) is 80.0 cm³/mol. The van der Waals surface area contributed by atoms with Crippen molar-refractivity contribution < 1.29 is 4.39 Å². The van der Waals surface area contributed by atoms with E-state index in [1.807, 2.05) is 18.2 Å². The molecule has 0 fully saturated rings. The molecule has 2 nitrogen and oxygen atoms in total. The molecule has 0 saturated carbocycles. The van der Waals surface area contributed by atoms with E-state index in [1.165, 1.54) is 23.3 Å². The Kier molecular flexibility index (Phi) is 3.70. The van der Waals surface area contributed by atoms with Crippen LogP contribution in [0.4, 0.5) is 10.1 Å². The summed E-state index contributed by atoms with van der Waals surface area (Å²) in [6.07, 6.45) is 3.14. The molecule has 0 bridgehead atoms. The Hall–Kier alpha value is -1.87. The third kappa shape index (κ3) is 2.83. The van der Waals surface area contributed by atoms with Gasteiger partial charge in [0.2, 0.25) is 0 Å². The van der Waals surface area contributed by atoms with Crippen molar-refractivity contribution in [2.75, 3.05) is 12.3 Å². The van der Waals surface area contributed by atoms with Crippen LogP contribution in [0.15, 0.2) is 42.5 Å². The average molecular weight is 270 g/mol. The normalized spacial score (nSPS) is 17.1. The fourth-order valence-electron chi connectivity index (χ4n) is 2.89. The average Bonchev–Trinajstić information content (AvgIpc) is 2.83. The van der Waals surface area contributed by atoms with E-state index in [0.717, 1.165) is 37.1 Å². The molecule has 104 valence electrons. The predicted octanol–water partition coefficient (Wildman–Crippen LogP) is 3.23. The SMILES string of the molecule is Nc1ccc2c(c1)CCC2NCCc1ccc(F)cc1. The monoisotopic (exact) mass is 270 g/mol. The van der Waals surface area contributed by atoms with Crippen LogP contribution in [-0.2, 0) is 12.8 Å². The van der Waals surface area contributed by atoms with E-state index in [0.29, 0.717) is 6.04 Å². The molecule has 0 aromatic heterocycles. The van der Waals surface area contributed by atoms with Gasteiger partial charge in [-0.2, -0.15) is 0 Å². The number of benzene rings is 2. The summed E-state index contributed by atoms with van der Waals surface area (Å²) in [5.74, 6) is -0.177. The molecule has 0 amide bonds. The second kappa shape index (κ2) is 5.63. The largest absolute Gasteiger partial charge is 0.399 e. The zero-order chi connectivity index (χ0) is 13.9. The standard InChI is InChI=1S/C17H19FN2/c18-14-4-1-12(2-5-14)9-10-20-17-8-3-13-11-15(19)6-7-16(13)17/h1-2,4-7,11,17,20H,3,8-10,19H2. The van der Waals surface area contributed by atoms with Crippen LogP contribution in [-0.4, -0.2) is 6.54 Å². The second-order valence-corrected chi connectivity index (χ2v) is 5.38. The van der Waals surface area contributed by atoms with Crippen molar-refractivity contribution in [3.8, 4) is 0 Å². The summed E-state index contributed by atoms with van der Waals surface area (Å²) in [4.78, 5) is 0. The Morgan fingerprint density at radius 2 is 1.95 bits per heavy atom. The number of hydrogen-bond donors (Lipinski definition) is 2. The first kappa shape index (κ1) is 13.1. The van der Waals surface area contributed by atoms with E-state index in [2.05, 4.69) is 17.4 Å². The molecule has 0 heterocycles. The van der Waals surface area contributed by atoms with Gasteiger partial charge in [0.1, 0.15) is 5.82 Å². The lowest BCUT2D eigenvalue weighted by atomic mass is 10.1. The van der Waals surface area contributed by atoms with Crippen molar-refractivity contribution in [3.63, 3.8) is 0 Å². The summed E-state index contributed by atoms with van der Waals surface area (Å²) in [5.41, 5.74) is 10.6. The van der Waals surface area contributed by atoms with Crippen LogP contribution in [0.25, 0.3) is 0 Å². The summed E-state index contributed by atoms with van der Waals surface area (Å²) in [6.45, 7) is 0.903. The van der Waals surface area contributed by atoms with Crippen LogP contribution in [0.3, 0.4) is 0 Å². The Balaban J connectivity index is 1.57. The topological polar surface area (TPSA) is 38.0 Å². The Labute approximate surface area is 118 Å². The van der Waals surface area contributed by atoms with Gasteiger partial charge < -0.3 is 11.1 Å². The minimum atomic E-state index is -0.177. The van der Waals surface area contributed by atoms with Crippen LogP contribution < -0.4 is 11.1 Å². The van der Waals surface area contributed by atoms with Crippen LogP contribution in [0.1, 0.15) is 29.2 Å². The molecule has 1 atom stereocenters. The van der Waals surface area contributed by atoms with Gasteiger partial charge in [-0.25, -0.2) is 4.39 Å². The minimum absolute atomic E-state index is 0.177. The van der Waals surface area contributed by atoms with E-state index in [1.54, 1.807) is 0 Å². The van der Waals surface area contributed by atoms with Crippen molar-refractivity contribution in [2.24, 2.45) is 0 Å². The maximum atomic E-state index is 12.8. The highest BCUT2D eigenvalue weighted by Crippen LogP contribution is 2.32. The molecular formula is C17H19FN2. The van der Waals surface area contributed by atoms with Gasteiger partial charge in [-0.1, -0.05) is 18.2 Å². The van der Waals surface area contributed by atoms with Crippen LogP contribution in [0.2, 0.25) is 0 Å². The molecule has 0 spiro atoms. The van der Waals surface area contributed by atoms with E-state index in [-0.39, 0.29) is 5.82 Å². The molecule has 0 aliphatic heterocycles. The van der Waals surface area contributed by atoms with Gasteiger partial charge in [0.25, 0.3) is 0 Å². The summed E-state index contributed by atoms with van der Waals surface area (Å²) in [7, 11) is 0. The van der Waals surface area contributed by atoms with E-state index < -0.39 is 0 Å². The molecule has 1 aliphatic rings. The summed E-state index contributed by atoms with van der Waals surface area (Å²) in [6, 6.07) is 13.3. The van der Waals surface area contributed by atoms with Gasteiger partial charge in [-0.3, -0.25) is 0 Å². The highest BCUT2D eigenvalue weighted by molar-refractivity contribution is 5.47. The number of nitrogen functional groups attached to an aromatic ring is 1. The number of rotatable bonds is 4. The van der Waals surface area contributed by atoms with Crippen LogP contribution in [0, 0.1) is 5.82 Å². The van der Waals surface area contributed by atoms with Crippen molar-refractivity contribution in [1.82, 2.24) is 5.32 Å². The smallest absolute Gasteiger partial charge is 0.123 e. The van der Waals surface area contributed by atoms with Crippen molar-refractivity contribution >= 4 is 5.69 Å². The molecule has 20 heavy (non-hydrogen) atoms. The number of nitrogens with one attached hydrogen (secondary N) is 1. The summed E-state index contributed by atoms with van der Waals surface area (Å²) >= 11 is 0. The number of anilines is 1. The molecule has 0 saturated heterocycles. The van der Waals surface area contributed by atoms with Gasteiger partial charge in [-0.15, -0.1) is 0 Å². The lowest BCUT2D eigenvalue weighted by Crippen LogP contribution is -2.21. The first-order valence-electron chi connectivity index (χ1n) is 7.08. The Morgan fingerprint density at radius 1 is 1.15 bits per heavy atom. The molecule has 0 radical (unpaired) electrons. The number of nitrogens with two attached hydrogens (primary N) is 1. The highest BCUT2D eigenvalue weighted by atomic mass is 19.1. The number of fused-ring (bicyclic) bond motifs is 1. The summed E-state index contributed by atoms with van der Waals surface area (Å²) < 4.78 is 12.8. The Bertz CT molecular complexity index is 592. The number of hydrogen-bond acceptors (Lipinski definition) is 2. The van der Waals surface area contributed by atoms with Gasteiger partial charge in [0.05, 0.1) is 0 Å². The highest BCUT2D eigenvalue weighted by Gasteiger charge is 2.21. The Morgan fingerprint density at radius 3 is 2.75 bits per heavy atom. The lowest BCUT2D eigenvalue weighted by molar-refractivity contribution is 0.533. The van der Waals surface area contributed by atoms with Crippen molar-refractivity contribution in [2.45, 2.75) is 25.3 Å². The first-order valence-corrected chi connectivity index (χ1v) is 7.08. The van der Waals surface area contributed by atoms with Crippen molar-refractivity contribution in [1.29, 1.82) is 0 Å². The number of aryl methyl sites for hydroxylation is 1. The van der Waals surface area contributed by atoms with Gasteiger partial charge in [-0.05, 0) is 66.8 Å². The van der Waals surface area contributed by atoms with Crippen molar-refractivity contribution in [3.05, 3.63) is 65.0 Å². The van der Waals surface area contributed by atoms with E-state index in [4.69, 9.17) is 5.73 Å². The third-order valence-electron chi connectivity index (χ3n) is 3.96. The second-order valence-electron chi connectivity index (χ2n) is 5.38. The fraction of sp³-hybridized carbons (Fsp3) is 0.294. The van der Waals surface area contributed by atoms with E-state index in [9.17, 15) is 4.39 Å². The maximum absolute atomic E-state index is 12.8. The quantitative estimate of drug-likeness (QED) is 0.837. The van der Waals surface area contributed by atoms with Crippen LogP contribution in [0.5, 0.6) is 0 Å². The third-order valence-corrected chi connectivity index (χ3v) is 3.96. The number of halogens is 1. The van der Waals surface area contributed by atoms with Gasteiger partial charge >= 0.3 is 0 Å². The van der Waals surface area contributed by atoms with Gasteiger partial charge in [0, 0.05) is 11.7 Å². The molecule has 1 aliphatic carbocycles. The molecule has 3 N–H and O–H groups in total. The zero-order valence-corrected chi connectivity index (χ0v) is 11.4. The maximum Gasteiger partial charge on any atom is 0.123 e. The summed E-state index contributed by atoms with van der Waals surface area (Å²) in [5, 5.41) is 3.59. The molecule has 3 heteroatoms. The lowest BCUT2D eigenvalue weighted by Gasteiger charge is -2.14. The molecule has 1 unspecified atom stereocenters. The minimum Gasteiger partial charge on any atom is -0.399 e. The fourth-order valence-corrected chi connectivity index (χ4v) is 2.89. The molecular weight excluding hydrogens is 251 g/mol. The molecule has 2 aromatic rings. The van der Waals surface area contributed by atoms with Crippen LogP contribution >= 0.6 is 0 Å². The first-order chi connectivity index (χ1) is 9.72. The molecule has 3 rings (SSSR count). The molecule has 2 aromatic carbocycles. The zero-order valence-electron chi connectivity index (χ0n) is 11.4. The van der Waals surface area contributed by atoms with E-state index >= 15 is 0 Å².